The molecule has 1 heterocycles. The number of hydrogen-bond donors (Lipinski definition) is 1. The summed E-state index contributed by atoms with van der Waals surface area (Å²) in [7, 11) is 0. The molecule has 1 fully saturated rings. The normalized spacial score (nSPS) is 15.4. The van der Waals surface area contributed by atoms with E-state index in [0.717, 1.165) is 22.3 Å². The number of rotatable bonds is 6. The van der Waals surface area contributed by atoms with E-state index in [-0.39, 0.29) is 11.8 Å². The maximum atomic E-state index is 12.8. The van der Waals surface area contributed by atoms with E-state index < -0.39 is 5.41 Å². The van der Waals surface area contributed by atoms with Crippen LogP contribution in [0.25, 0.3) is 11.1 Å². The summed E-state index contributed by atoms with van der Waals surface area (Å²) in [6.07, 6.45) is 2.16. The van der Waals surface area contributed by atoms with E-state index in [2.05, 4.69) is 24.3 Å². The van der Waals surface area contributed by atoms with Crippen LogP contribution >= 0.6 is 0 Å². The van der Waals surface area contributed by atoms with E-state index in [0.29, 0.717) is 38.8 Å². The fourth-order valence-corrected chi connectivity index (χ4v) is 4.52. The summed E-state index contributed by atoms with van der Waals surface area (Å²) < 4.78 is 0. The van der Waals surface area contributed by atoms with Crippen molar-refractivity contribution in [3.8, 4) is 11.1 Å². The minimum Gasteiger partial charge on any atom is -0.369 e. The zero-order valence-corrected chi connectivity index (χ0v) is 17.7. The molecule has 0 aromatic heterocycles. The predicted molar refractivity (Wildman–Crippen MR) is 123 cm³/mol. The molecule has 1 aliphatic heterocycles. The monoisotopic (exact) mass is 412 g/mol. The molecule has 0 atom stereocenters. The average Bonchev–Trinajstić information content (AvgIpc) is 2.81. The highest BCUT2D eigenvalue weighted by Crippen LogP contribution is 2.38. The Kier molecular flexibility index (Phi) is 6.17. The second kappa shape index (κ2) is 9.17. The molecule has 1 aliphatic rings. The molecule has 4 nitrogen and oxygen atoms in total. The third kappa shape index (κ3) is 4.69. The summed E-state index contributed by atoms with van der Waals surface area (Å²) in [4.78, 5) is 27.2. The minimum atomic E-state index is -0.631. The van der Waals surface area contributed by atoms with Gasteiger partial charge in [-0.05, 0) is 41.5 Å². The number of likely N-dealkylation sites (tertiary alicyclic amines) is 1. The number of amides is 2. The molecule has 0 bridgehead atoms. The highest BCUT2D eigenvalue weighted by Gasteiger charge is 2.41. The smallest absolute Gasteiger partial charge is 0.226 e. The van der Waals surface area contributed by atoms with Gasteiger partial charge in [-0.25, -0.2) is 0 Å². The molecule has 4 heteroatoms. The van der Waals surface area contributed by atoms with Crippen molar-refractivity contribution in [2.45, 2.75) is 25.7 Å². The quantitative estimate of drug-likeness (QED) is 0.658. The number of hydrogen-bond acceptors (Lipinski definition) is 2. The number of nitrogens with two attached hydrogens (primary N) is 1. The van der Waals surface area contributed by atoms with Gasteiger partial charge >= 0.3 is 0 Å². The van der Waals surface area contributed by atoms with Gasteiger partial charge in [-0.1, -0.05) is 84.9 Å². The van der Waals surface area contributed by atoms with Crippen molar-refractivity contribution in [3.05, 3.63) is 96.1 Å². The molecule has 1 saturated heterocycles. The molecule has 2 amide bonds. The molecule has 0 unspecified atom stereocenters. The first-order chi connectivity index (χ1) is 15.1. The van der Waals surface area contributed by atoms with E-state index in [1.54, 1.807) is 0 Å². The Morgan fingerprint density at radius 1 is 0.806 bits per heavy atom. The molecular weight excluding hydrogens is 384 g/mol. The number of carbonyl (C=O) groups excluding carboxylic acids is 2. The molecule has 0 aliphatic carbocycles. The van der Waals surface area contributed by atoms with Crippen LogP contribution in [0.2, 0.25) is 0 Å². The Morgan fingerprint density at radius 3 is 2.03 bits per heavy atom. The summed E-state index contributed by atoms with van der Waals surface area (Å²) in [5.74, 6) is -0.167. The molecule has 0 spiro atoms. The van der Waals surface area contributed by atoms with Gasteiger partial charge < -0.3 is 10.6 Å². The summed E-state index contributed by atoms with van der Waals surface area (Å²) in [6.45, 7) is 1.12. The van der Waals surface area contributed by atoms with Gasteiger partial charge in [-0.2, -0.15) is 0 Å². The second-order valence-electron chi connectivity index (χ2n) is 8.39. The number of carbonyl (C=O) groups is 2. The largest absolute Gasteiger partial charge is 0.369 e. The summed E-state index contributed by atoms with van der Waals surface area (Å²) in [5, 5.41) is 0. The molecule has 0 radical (unpaired) electrons. The van der Waals surface area contributed by atoms with E-state index in [4.69, 9.17) is 5.73 Å². The lowest BCUT2D eigenvalue weighted by molar-refractivity contribution is -0.138. The lowest BCUT2D eigenvalue weighted by Crippen LogP contribution is -2.50. The molecule has 3 aromatic carbocycles. The third-order valence-electron chi connectivity index (χ3n) is 6.43. The number of benzene rings is 3. The molecule has 0 saturated carbocycles. The Hall–Kier alpha value is -3.40. The Balaban J connectivity index is 1.50. The van der Waals surface area contributed by atoms with Gasteiger partial charge in [0.25, 0.3) is 0 Å². The first kappa shape index (κ1) is 20.9. The number of primary amides is 1. The van der Waals surface area contributed by atoms with Gasteiger partial charge in [0.1, 0.15) is 0 Å². The van der Waals surface area contributed by atoms with E-state index in [1.165, 1.54) is 0 Å². The first-order valence-electron chi connectivity index (χ1n) is 10.8. The summed E-state index contributed by atoms with van der Waals surface area (Å²) in [5.41, 5.74) is 9.71. The van der Waals surface area contributed by atoms with Crippen LogP contribution in [0.4, 0.5) is 0 Å². The molecule has 4 rings (SSSR count). The highest BCUT2D eigenvalue weighted by atomic mass is 16.2. The molecular formula is C27H28N2O2. The van der Waals surface area contributed by atoms with Crippen molar-refractivity contribution in [2.24, 2.45) is 11.1 Å². The predicted octanol–water partition coefficient (Wildman–Crippen LogP) is 4.23. The van der Waals surface area contributed by atoms with Crippen LogP contribution in [-0.4, -0.2) is 29.8 Å². The zero-order chi connectivity index (χ0) is 21.7. The van der Waals surface area contributed by atoms with Crippen LogP contribution in [0.5, 0.6) is 0 Å². The van der Waals surface area contributed by atoms with Gasteiger partial charge in [-0.15, -0.1) is 0 Å². The SMILES string of the molecule is NC(=O)C1(Cc2ccccc2-c2ccccc2)CCN(C(=O)Cc2ccccc2)CC1. The number of piperidine rings is 1. The lowest BCUT2D eigenvalue weighted by Gasteiger charge is -2.40. The standard InChI is InChI=1S/C27H28N2O2/c28-26(31)27(20-23-13-7-8-14-24(23)22-11-5-2-6-12-22)15-17-29(18-16-27)25(30)19-21-9-3-1-4-10-21/h1-14H,15-20H2,(H2,28,31). The minimum absolute atomic E-state index is 0.106. The van der Waals surface area contributed by atoms with Crippen molar-refractivity contribution in [1.29, 1.82) is 0 Å². The fraction of sp³-hybridized carbons (Fsp3) is 0.259. The van der Waals surface area contributed by atoms with Crippen molar-refractivity contribution < 1.29 is 9.59 Å². The fourth-order valence-electron chi connectivity index (χ4n) is 4.52. The maximum absolute atomic E-state index is 12.8. The second-order valence-corrected chi connectivity index (χ2v) is 8.39. The highest BCUT2D eigenvalue weighted by molar-refractivity contribution is 5.83. The summed E-state index contributed by atoms with van der Waals surface area (Å²) in [6, 6.07) is 28.2. The Labute approximate surface area is 183 Å². The first-order valence-corrected chi connectivity index (χ1v) is 10.8. The van der Waals surface area contributed by atoms with Gasteiger partial charge in [0.15, 0.2) is 0 Å². The molecule has 2 N–H and O–H groups in total. The Bertz CT molecular complexity index is 1040. The van der Waals surface area contributed by atoms with Crippen LogP contribution in [0.1, 0.15) is 24.0 Å². The maximum Gasteiger partial charge on any atom is 0.226 e. The van der Waals surface area contributed by atoms with E-state index >= 15 is 0 Å². The zero-order valence-electron chi connectivity index (χ0n) is 17.7. The van der Waals surface area contributed by atoms with Crippen molar-refractivity contribution in [2.75, 3.05) is 13.1 Å². The van der Waals surface area contributed by atoms with Crippen LogP contribution in [0.15, 0.2) is 84.9 Å². The van der Waals surface area contributed by atoms with Crippen molar-refractivity contribution >= 4 is 11.8 Å². The number of nitrogens with zero attached hydrogens (tertiary/aromatic N) is 1. The van der Waals surface area contributed by atoms with Crippen LogP contribution in [-0.2, 0) is 22.4 Å². The summed E-state index contributed by atoms with van der Waals surface area (Å²) >= 11 is 0. The lowest BCUT2D eigenvalue weighted by atomic mass is 9.72. The van der Waals surface area contributed by atoms with Gasteiger partial charge in [0, 0.05) is 13.1 Å². The van der Waals surface area contributed by atoms with Crippen LogP contribution in [0, 0.1) is 5.41 Å². The van der Waals surface area contributed by atoms with E-state index in [9.17, 15) is 9.59 Å². The average molecular weight is 413 g/mol. The van der Waals surface area contributed by atoms with Gasteiger partial charge in [0.05, 0.1) is 11.8 Å². The van der Waals surface area contributed by atoms with Gasteiger partial charge in [-0.3, -0.25) is 9.59 Å². The molecule has 31 heavy (non-hydrogen) atoms. The van der Waals surface area contributed by atoms with Crippen LogP contribution < -0.4 is 5.73 Å². The molecule has 3 aromatic rings. The topological polar surface area (TPSA) is 63.4 Å². The van der Waals surface area contributed by atoms with Crippen molar-refractivity contribution in [1.82, 2.24) is 4.90 Å². The van der Waals surface area contributed by atoms with Gasteiger partial charge in [0.2, 0.25) is 11.8 Å². The van der Waals surface area contributed by atoms with E-state index in [1.807, 2.05) is 65.6 Å². The third-order valence-corrected chi connectivity index (χ3v) is 6.43. The van der Waals surface area contributed by atoms with Crippen molar-refractivity contribution in [3.63, 3.8) is 0 Å². The Morgan fingerprint density at radius 2 is 1.39 bits per heavy atom. The van der Waals surface area contributed by atoms with Crippen LogP contribution in [0.3, 0.4) is 0 Å². The molecule has 158 valence electrons.